The van der Waals surface area contributed by atoms with Gasteiger partial charge in [0.2, 0.25) is 5.84 Å². The molecule has 0 aromatic heterocycles. The van der Waals surface area contributed by atoms with E-state index in [9.17, 15) is 0 Å². The highest BCUT2D eigenvalue weighted by atomic mass is 14.9. The number of nitrogens with zero attached hydrogens (tertiary/aromatic N) is 2. The molecule has 0 aliphatic heterocycles. The van der Waals surface area contributed by atoms with Crippen LogP contribution in [0.1, 0.15) is 0 Å². The normalized spacial score (nSPS) is 9.86. The zero-order valence-corrected chi connectivity index (χ0v) is 3.55. The maximum Gasteiger partial charge on any atom is 0.204 e. The first-order chi connectivity index (χ1) is 3.31. The summed E-state index contributed by atoms with van der Waals surface area (Å²) in [5.41, 5.74) is 4.82. The van der Waals surface area contributed by atoms with Crippen molar-refractivity contribution in [2.45, 2.75) is 0 Å². The summed E-state index contributed by atoms with van der Waals surface area (Å²) in [7, 11) is 0. The molecule has 0 saturated carbocycles. The van der Waals surface area contributed by atoms with Gasteiger partial charge in [-0.1, -0.05) is 0 Å². The summed E-state index contributed by atoms with van der Waals surface area (Å²) in [6.07, 6.45) is 0.721. The van der Waals surface area contributed by atoms with Crippen LogP contribution in [0.3, 0.4) is 0 Å². The van der Waals surface area contributed by atoms with Crippen LogP contribution >= 0.6 is 0 Å². The number of hydrogen-bond acceptors (Lipinski definition) is 2. The molecule has 0 rings (SSSR count). The molecular weight excluding hydrogens is 92.1 g/mol. The molecule has 4 nitrogen and oxygen atoms in total. The van der Waals surface area contributed by atoms with Gasteiger partial charge in [-0.15, -0.1) is 0 Å². The minimum atomic E-state index is -0.185. The van der Waals surface area contributed by atoms with E-state index in [1.165, 1.54) is 0 Å². The molecule has 0 aromatic rings. The summed E-state index contributed by atoms with van der Waals surface area (Å²) in [5, 5.41) is 14.1. The number of nitrogens with one attached hydrogen (secondary N) is 1. The summed E-state index contributed by atoms with van der Waals surface area (Å²) in [5.74, 6) is -0.185. The van der Waals surface area contributed by atoms with Gasteiger partial charge >= 0.3 is 0 Å². The molecule has 0 bridgehead atoms. The van der Waals surface area contributed by atoms with Crippen LogP contribution in [-0.4, -0.2) is 12.2 Å². The number of hydrogen-bond donors (Lipinski definition) is 2. The van der Waals surface area contributed by atoms with Gasteiger partial charge in [-0.3, -0.25) is 5.41 Å². The van der Waals surface area contributed by atoms with Crippen LogP contribution in [0.25, 0.3) is 0 Å². The van der Waals surface area contributed by atoms with Crippen molar-refractivity contribution in [3.05, 3.63) is 0 Å². The second-order valence-electron chi connectivity index (χ2n) is 0.755. The molecule has 7 heavy (non-hydrogen) atoms. The second-order valence-corrected chi connectivity index (χ2v) is 0.755. The maximum absolute atomic E-state index is 7.86. The van der Waals surface area contributed by atoms with Crippen LogP contribution in [0.15, 0.2) is 4.99 Å². The van der Waals surface area contributed by atoms with E-state index in [0.29, 0.717) is 0 Å². The van der Waals surface area contributed by atoms with Crippen molar-refractivity contribution in [2.75, 3.05) is 0 Å². The molecule has 0 heterocycles. The van der Waals surface area contributed by atoms with Gasteiger partial charge in [0.1, 0.15) is 12.4 Å². The van der Waals surface area contributed by atoms with Crippen LogP contribution in [-0.2, 0) is 0 Å². The van der Waals surface area contributed by atoms with Crippen molar-refractivity contribution in [2.24, 2.45) is 10.7 Å². The standard InChI is InChI=1S/C3H4N4/c4-1-3(6)7-2-5/h2H,(H3,5,6,7). The minimum absolute atomic E-state index is 0.185. The van der Waals surface area contributed by atoms with Crippen molar-refractivity contribution >= 4 is 12.2 Å². The third-order valence-corrected chi connectivity index (χ3v) is 0.318. The fraction of sp³-hybridized carbons (Fsp3) is 0. The van der Waals surface area contributed by atoms with E-state index in [1.807, 2.05) is 0 Å². The molecule has 36 valence electrons. The fourth-order valence-corrected chi connectivity index (χ4v) is 0.0984. The molecule has 0 spiro atoms. The molecule has 0 saturated heterocycles. The zero-order chi connectivity index (χ0) is 5.70. The Morgan fingerprint density at radius 3 is 2.71 bits per heavy atom. The lowest BCUT2D eigenvalue weighted by molar-refractivity contribution is 1.48. The van der Waals surface area contributed by atoms with E-state index < -0.39 is 0 Å². The quantitative estimate of drug-likeness (QED) is 0.339. The number of nitrogens with two attached hydrogens (primary N) is 1. The van der Waals surface area contributed by atoms with Crippen LogP contribution in [0, 0.1) is 16.7 Å². The predicted molar refractivity (Wildman–Crippen MR) is 26.0 cm³/mol. The first-order valence-electron chi connectivity index (χ1n) is 1.53. The van der Waals surface area contributed by atoms with E-state index in [-0.39, 0.29) is 5.84 Å². The minimum Gasteiger partial charge on any atom is -0.375 e. The number of amidine groups is 1. The smallest absolute Gasteiger partial charge is 0.204 e. The van der Waals surface area contributed by atoms with Gasteiger partial charge in [0.25, 0.3) is 0 Å². The van der Waals surface area contributed by atoms with Gasteiger partial charge in [0.15, 0.2) is 0 Å². The average Bonchev–Trinajstić information content (AvgIpc) is 1.68. The molecule has 0 aliphatic rings. The maximum atomic E-state index is 7.86. The fourth-order valence-electron chi connectivity index (χ4n) is 0.0984. The lowest BCUT2D eigenvalue weighted by atomic mass is 10.7. The number of nitriles is 1. The Morgan fingerprint density at radius 1 is 2.00 bits per heavy atom. The van der Waals surface area contributed by atoms with E-state index in [0.717, 1.165) is 6.34 Å². The molecule has 0 atom stereocenters. The third-order valence-electron chi connectivity index (χ3n) is 0.318. The van der Waals surface area contributed by atoms with Crippen molar-refractivity contribution in [1.29, 1.82) is 10.7 Å². The monoisotopic (exact) mass is 96.0 g/mol. The molecule has 0 radical (unpaired) electrons. The molecule has 3 N–H and O–H groups in total. The number of rotatable bonds is 1. The Bertz CT molecular complexity index is 128. The summed E-state index contributed by atoms with van der Waals surface area (Å²) < 4.78 is 0. The zero-order valence-electron chi connectivity index (χ0n) is 3.55. The first-order valence-corrected chi connectivity index (χ1v) is 1.53. The Balaban J connectivity index is 3.80. The van der Waals surface area contributed by atoms with Gasteiger partial charge < -0.3 is 5.73 Å². The highest BCUT2D eigenvalue weighted by molar-refractivity contribution is 5.98. The van der Waals surface area contributed by atoms with Crippen molar-refractivity contribution in [3.8, 4) is 6.07 Å². The molecule has 0 unspecified atom stereocenters. The van der Waals surface area contributed by atoms with Crippen molar-refractivity contribution in [1.82, 2.24) is 0 Å². The average molecular weight is 96.1 g/mol. The Morgan fingerprint density at radius 2 is 2.57 bits per heavy atom. The van der Waals surface area contributed by atoms with Crippen LogP contribution in [0.4, 0.5) is 0 Å². The van der Waals surface area contributed by atoms with E-state index in [1.54, 1.807) is 6.07 Å². The Hall–Kier alpha value is -1.37. The van der Waals surface area contributed by atoms with Gasteiger partial charge in [-0.25, -0.2) is 4.99 Å². The van der Waals surface area contributed by atoms with E-state index >= 15 is 0 Å². The topological polar surface area (TPSA) is 86.0 Å². The van der Waals surface area contributed by atoms with Crippen LogP contribution in [0.5, 0.6) is 0 Å². The van der Waals surface area contributed by atoms with Crippen LogP contribution in [0.2, 0.25) is 0 Å². The highest BCUT2D eigenvalue weighted by Crippen LogP contribution is 1.56. The number of aliphatic imine (C=N–C) groups is 1. The van der Waals surface area contributed by atoms with Gasteiger partial charge in [-0.2, -0.15) is 5.26 Å². The molecule has 0 amide bonds. The summed E-state index contributed by atoms with van der Waals surface area (Å²) >= 11 is 0. The first kappa shape index (κ1) is 5.63. The van der Waals surface area contributed by atoms with Crippen LogP contribution < -0.4 is 5.73 Å². The summed E-state index contributed by atoms with van der Waals surface area (Å²) in [6, 6.07) is 1.54. The Kier molecular flexibility index (Phi) is 2.29. The molecular formula is C3H4N4. The summed E-state index contributed by atoms with van der Waals surface area (Å²) in [4.78, 5) is 3.12. The van der Waals surface area contributed by atoms with Crippen molar-refractivity contribution in [3.63, 3.8) is 0 Å². The molecule has 0 aromatic carbocycles. The molecule has 0 fully saturated rings. The largest absolute Gasteiger partial charge is 0.375 e. The molecule has 4 heteroatoms. The second kappa shape index (κ2) is 2.85. The van der Waals surface area contributed by atoms with Crippen molar-refractivity contribution < 1.29 is 0 Å². The predicted octanol–water partition coefficient (Wildman–Crippen LogP) is -0.526. The lowest BCUT2D eigenvalue weighted by Crippen LogP contribution is -2.07. The van der Waals surface area contributed by atoms with Gasteiger partial charge in [0.05, 0.1) is 0 Å². The van der Waals surface area contributed by atoms with Gasteiger partial charge in [0, 0.05) is 0 Å². The SMILES string of the molecule is N#CC(N)=NC=N. The highest BCUT2D eigenvalue weighted by Gasteiger charge is 1.76. The third kappa shape index (κ3) is 2.43. The molecule has 0 aliphatic carbocycles. The van der Waals surface area contributed by atoms with E-state index in [2.05, 4.69) is 4.99 Å². The summed E-state index contributed by atoms with van der Waals surface area (Å²) in [6.45, 7) is 0. The lowest BCUT2D eigenvalue weighted by Gasteiger charge is -1.73. The van der Waals surface area contributed by atoms with Gasteiger partial charge in [-0.05, 0) is 0 Å². The van der Waals surface area contributed by atoms with E-state index in [4.69, 9.17) is 16.4 Å². The Labute approximate surface area is 40.8 Å².